The maximum absolute atomic E-state index is 12.7. The van der Waals surface area contributed by atoms with Crippen molar-refractivity contribution in [1.82, 2.24) is 0 Å². The Kier molecular flexibility index (Phi) is 2.84. The summed E-state index contributed by atoms with van der Waals surface area (Å²) in [5, 5.41) is -3.88. The van der Waals surface area contributed by atoms with Crippen molar-refractivity contribution in [2.24, 2.45) is 0 Å². The van der Waals surface area contributed by atoms with Crippen LogP contribution in [0.1, 0.15) is 22.3 Å². The number of Topliss-reactive ketones (excluding diaryl/α,β-unsaturated/α-hetero) is 1. The summed E-state index contributed by atoms with van der Waals surface area (Å²) in [6.45, 7) is 0.436. The SMILES string of the molecule is O=C(c1cccc2c1OCCC2)C(F)(F)Cl. The Morgan fingerprint density at radius 1 is 1.44 bits per heavy atom. The molecule has 1 aliphatic rings. The Balaban J connectivity index is 2.46. The molecular weight excluding hydrogens is 238 g/mol. The van der Waals surface area contributed by atoms with Crippen LogP contribution in [0, 0.1) is 0 Å². The van der Waals surface area contributed by atoms with Gasteiger partial charge in [-0.1, -0.05) is 12.1 Å². The third kappa shape index (κ3) is 2.02. The Morgan fingerprint density at radius 2 is 2.19 bits per heavy atom. The lowest BCUT2D eigenvalue weighted by Gasteiger charge is -2.20. The van der Waals surface area contributed by atoms with Crippen LogP contribution in [0.15, 0.2) is 18.2 Å². The molecule has 0 N–H and O–H groups in total. The van der Waals surface area contributed by atoms with Crippen LogP contribution in [0.3, 0.4) is 0 Å². The number of alkyl halides is 3. The van der Waals surface area contributed by atoms with Gasteiger partial charge in [0, 0.05) is 0 Å². The van der Waals surface area contributed by atoms with Crippen molar-refractivity contribution >= 4 is 17.4 Å². The highest BCUT2D eigenvalue weighted by Crippen LogP contribution is 2.34. The van der Waals surface area contributed by atoms with Crippen molar-refractivity contribution in [1.29, 1.82) is 0 Å². The second-order valence-electron chi connectivity index (χ2n) is 3.57. The fourth-order valence-corrected chi connectivity index (χ4v) is 1.82. The zero-order chi connectivity index (χ0) is 11.8. The summed E-state index contributed by atoms with van der Waals surface area (Å²) in [5.41, 5.74) is 0.634. The van der Waals surface area contributed by atoms with Crippen LogP contribution >= 0.6 is 11.6 Å². The first-order valence-electron chi connectivity index (χ1n) is 4.86. The summed E-state index contributed by atoms with van der Waals surface area (Å²) in [6, 6.07) is 4.63. The number of para-hydroxylation sites is 1. The van der Waals surface area contributed by atoms with E-state index in [4.69, 9.17) is 16.3 Å². The van der Waals surface area contributed by atoms with E-state index in [9.17, 15) is 13.6 Å². The van der Waals surface area contributed by atoms with Crippen LogP contribution in [0.2, 0.25) is 0 Å². The van der Waals surface area contributed by atoms with Gasteiger partial charge in [0.2, 0.25) is 0 Å². The van der Waals surface area contributed by atoms with Gasteiger partial charge in [0.15, 0.2) is 0 Å². The van der Waals surface area contributed by atoms with Crippen molar-refractivity contribution in [2.75, 3.05) is 6.61 Å². The number of hydrogen-bond donors (Lipinski definition) is 0. The number of benzene rings is 1. The normalized spacial score (nSPS) is 15.2. The minimum absolute atomic E-state index is 0.141. The highest BCUT2D eigenvalue weighted by molar-refractivity contribution is 6.35. The molecule has 16 heavy (non-hydrogen) atoms. The van der Waals surface area contributed by atoms with Gasteiger partial charge >= 0.3 is 5.38 Å². The van der Waals surface area contributed by atoms with Crippen molar-refractivity contribution in [3.8, 4) is 5.75 Å². The maximum atomic E-state index is 12.7. The van der Waals surface area contributed by atoms with Crippen molar-refractivity contribution in [2.45, 2.75) is 18.2 Å². The Hall–Kier alpha value is -1.16. The van der Waals surface area contributed by atoms with E-state index in [0.717, 1.165) is 18.4 Å². The molecule has 0 amide bonds. The molecule has 0 spiro atoms. The molecule has 1 aliphatic heterocycles. The molecule has 0 aromatic heterocycles. The number of carbonyl (C=O) groups excluding carboxylic acids is 1. The van der Waals surface area contributed by atoms with Crippen molar-refractivity contribution in [3.63, 3.8) is 0 Å². The average Bonchev–Trinajstić information content (AvgIpc) is 2.26. The van der Waals surface area contributed by atoms with Crippen LogP contribution in [0.4, 0.5) is 8.78 Å². The highest BCUT2D eigenvalue weighted by Gasteiger charge is 2.38. The van der Waals surface area contributed by atoms with E-state index < -0.39 is 11.2 Å². The molecule has 0 bridgehead atoms. The van der Waals surface area contributed by atoms with Crippen LogP contribution in [0.5, 0.6) is 5.75 Å². The van der Waals surface area contributed by atoms with E-state index >= 15 is 0 Å². The molecule has 1 aromatic carbocycles. The van der Waals surface area contributed by atoms with Gasteiger partial charge in [-0.25, -0.2) is 0 Å². The number of hydrogen-bond acceptors (Lipinski definition) is 2. The zero-order valence-electron chi connectivity index (χ0n) is 8.30. The van der Waals surface area contributed by atoms with Gasteiger partial charge in [-0.15, -0.1) is 0 Å². The minimum Gasteiger partial charge on any atom is -0.493 e. The molecule has 0 atom stereocenters. The fourth-order valence-electron chi connectivity index (χ4n) is 1.72. The van der Waals surface area contributed by atoms with Gasteiger partial charge in [-0.05, 0) is 36.1 Å². The third-order valence-corrected chi connectivity index (χ3v) is 2.61. The molecule has 0 unspecified atom stereocenters. The lowest BCUT2D eigenvalue weighted by atomic mass is 10.0. The molecular formula is C11H9ClF2O2. The zero-order valence-corrected chi connectivity index (χ0v) is 9.06. The number of carbonyl (C=O) groups is 1. The van der Waals surface area contributed by atoms with E-state index in [1.54, 1.807) is 12.1 Å². The average molecular weight is 247 g/mol. The molecule has 5 heteroatoms. The molecule has 0 aliphatic carbocycles. The molecule has 1 heterocycles. The quantitative estimate of drug-likeness (QED) is 0.592. The van der Waals surface area contributed by atoms with Gasteiger partial charge in [-0.2, -0.15) is 8.78 Å². The monoisotopic (exact) mass is 246 g/mol. The summed E-state index contributed by atoms with van der Waals surface area (Å²) in [6.07, 6.45) is 1.55. The first-order valence-corrected chi connectivity index (χ1v) is 5.24. The summed E-state index contributed by atoms with van der Waals surface area (Å²) < 4.78 is 30.7. The third-order valence-electron chi connectivity index (χ3n) is 2.44. The van der Waals surface area contributed by atoms with E-state index in [0.29, 0.717) is 6.61 Å². The fraction of sp³-hybridized carbons (Fsp3) is 0.364. The topological polar surface area (TPSA) is 26.3 Å². The van der Waals surface area contributed by atoms with Gasteiger partial charge in [0.25, 0.3) is 5.78 Å². The first-order chi connectivity index (χ1) is 7.50. The van der Waals surface area contributed by atoms with Crippen LogP contribution in [-0.4, -0.2) is 17.8 Å². The highest BCUT2D eigenvalue weighted by atomic mass is 35.5. The molecule has 2 rings (SSSR count). The lowest BCUT2D eigenvalue weighted by molar-refractivity contribution is 0.0531. The smallest absolute Gasteiger partial charge is 0.385 e. The molecule has 86 valence electrons. The van der Waals surface area contributed by atoms with Crippen molar-refractivity contribution in [3.05, 3.63) is 29.3 Å². The summed E-state index contributed by atoms with van der Waals surface area (Å²) >= 11 is 4.72. The Bertz CT molecular complexity index is 426. The van der Waals surface area contributed by atoms with Gasteiger partial charge < -0.3 is 4.74 Å². The summed E-state index contributed by atoms with van der Waals surface area (Å²) in [4.78, 5) is 11.4. The molecule has 0 saturated carbocycles. The van der Waals surface area contributed by atoms with Crippen LogP contribution < -0.4 is 4.74 Å². The number of aryl methyl sites for hydroxylation is 1. The van der Waals surface area contributed by atoms with E-state index in [1.165, 1.54) is 6.07 Å². The number of ether oxygens (including phenoxy) is 1. The van der Waals surface area contributed by atoms with E-state index in [1.807, 2.05) is 0 Å². The van der Waals surface area contributed by atoms with Crippen LogP contribution in [-0.2, 0) is 6.42 Å². The molecule has 0 radical (unpaired) electrons. The Labute approximate surface area is 96.2 Å². The number of halogens is 3. The standard InChI is InChI=1S/C11H9ClF2O2/c12-11(13,14)10(15)8-5-1-3-7-4-2-6-16-9(7)8/h1,3,5H,2,4,6H2. The largest absolute Gasteiger partial charge is 0.493 e. The van der Waals surface area contributed by atoms with Crippen LogP contribution in [0.25, 0.3) is 0 Å². The first kappa shape index (κ1) is 11.3. The Morgan fingerprint density at radius 3 is 2.88 bits per heavy atom. The van der Waals surface area contributed by atoms with Gasteiger partial charge in [0.05, 0.1) is 12.2 Å². The van der Waals surface area contributed by atoms with Gasteiger partial charge in [-0.3, -0.25) is 4.79 Å². The lowest BCUT2D eigenvalue weighted by Crippen LogP contribution is -2.23. The molecule has 1 aromatic rings. The van der Waals surface area contributed by atoms with E-state index in [2.05, 4.69) is 0 Å². The number of ketones is 1. The molecule has 0 saturated heterocycles. The number of rotatable bonds is 2. The molecule has 0 fully saturated rings. The predicted octanol–water partition coefficient (Wildman–Crippen LogP) is 3.03. The molecule has 2 nitrogen and oxygen atoms in total. The second kappa shape index (κ2) is 4.01. The van der Waals surface area contributed by atoms with Crippen molar-refractivity contribution < 1.29 is 18.3 Å². The predicted molar refractivity (Wildman–Crippen MR) is 55.4 cm³/mol. The van der Waals surface area contributed by atoms with E-state index in [-0.39, 0.29) is 11.3 Å². The summed E-state index contributed by atoms with van der Waals surface area (Å²) in [7, 11) is 0. The maximum Gasteiger partial charge on any atom is 0.385 e. The van der Waals surface area contributed by atoms with Gasteiger partial charge in [0.1, 0.15) is 5.75 Å². The minimum atomic E-state index is -3.88. The second-order valence-corrected chi connectivity index (χ2v) is 4.05. The number of fused-ring (bicyclic) bond motifs is 1. The summed E-state index contributed by atoms with van der Waals surface area (Å²) in [5.74, 6) is -1.16.